The van der Waals surface area contributed by atoms with E-state index in [0.29, 0.717) is 23.9 Å². The summed E-state index contributed by atoms with van der Waals surface area (Å²) in [7, 11) is 0. The standard InChI is InChI=1S/C14H25ClO/c1-3-4-9-14(2)12(13(14)11-16)8-6-5-7-10-15/h6,8,12-13,16H,3-5,7,9-11H2,1-2H3/b8-6+/t12-,13+,14+/m1/s1. The molecular formula is C14H25ClO. The van der Waals surface area contributed by atoms with Crippen LogP contribution >= 0.6 is 11.6 Å². The Labute approximate surface area is 105 Å². The van der Waals surface area contributed by atoms with Crippen LogP contribution < -0.4 is 0 Å². The van der Waals surface area contributed by atoms with E-state index in [1.807, 2.05) is 0 Å². The van der Waals surface area contributed by atoms with Gasteiger partial charge in [0.2, 0.25) is 0 Å². The molecule has 0 heterocycles. The van der Waals surface area contributed by atoms with Crippen LogP contribution in [0.3, 0.4) is 0 Å². The highest BCUT2D eigenvalue weighted by Crippen LogP contribution is 2.61. The third-order valence-electron chi connectivity index (χ3n) is 4.05. The minimum atomic E-state index is 0.338. The SMILES string of the molecule is CCCC[C@@]1(C)[C@H](/C=C/CCCCl)[C@@H]1CO. The van der Waals surface area contributed by atoms with Crippen LogP contribution in [0.4, 0.5) is 0 Å². The first-order valence-electron chi connectivity index (χ1n) is 6.54. The van der Waals surface area contributed by atoms with Crippen molar-refractivity contribution in [2.45, 2.75) is 46.0 Å². The summed E-state index contributed by atoms with van der Waals surface area (Å²) >= 11 is 5.64. The third-order valence-corrected chi connectivity index (χ3v) is 4.31. The summed E-state index contributed by atoms with van der Waals surface area (Å²) in [5.74, 6) is 1.83. The topological polar surface area (TPSA) is 20.2 Å². The molecule has 16 heavy (non-hydrogen) atoms. The number of hydrogen-bond acceptors (Lipinski definition) is 1. The lowest BCUT2D eigenvalue weighted by molar-refractivity contribution is 0.248. The zero-order valence-corrected chi connectivity index (χ0v) is 11.3. The average Bonchev–Trinajstić information content (AvgIpc) is 2.86. The van der Waals surface area contributed by atoms with Gasteiger partial charge in [0.25, 0.3) is 0 Å². The molecule has 0 bridgehead atoms. The monoisotopic (exact) mass is 244 g/mol. The lowest BCUT2D eigenvalue weighted by Gasteiger charge is -2.09. The highest BCUT2D eigenvalue weighted by atomic mass is 35.5. The average molecular weight is 245 g/mol. The predicted molar refractivity (Wildman–Crippen MR) is 70.8 cm³/mol. The fourth-order valence-corrected chi connectivity index (χ4v) is 2.88. The second kappa shape index (κ2) is 6.66. The Kier molecular flexibility index (Phi) is 5.85. The van der Waals surface area contributed by atoms with E-state index in [1.54, 1.807) is 0 Å². The number of halogens is 1. The Morgan fingerprint density at radius 3 is 2.69 bits per heavy atom. The van der Waals surface area contributed by atoms with Crippen LogP contribution in [0.25, 0.3) is 0 Å². The Hall–Kier alpha value is -0.0100. The molecule has 1 nitrogen and oxygen atoms in total. The number of aliphatic hydroxyl groups excluding tert-OH is 1. The summed E-state index contributed by atoms with van der Waals surface area (Å²) in [6.45, 7) is 4.88. The normalized spacial score (nSPS) is 33.5. The molecular weight excluding hydrogens is 220 g/mol. The van der Waals surface area contributed by atoms with Crippen LogP contribution in [0.2, 0.25) is 0 Å². The molecule has 2 heteroatoms. The first kappa shape index (κ1) is 14.1. The molecule has 0 aliphatic heterocycles. The van der Waals surface area contributed by atoms with Crippen molar-refractivity contribution < 1.29 is 5.11 Å². The van der Waals surface area contributed by atoms with Crippen molar-refractivity contribution in [3.8, 4) is 0 Å². The van der Waals surface area contributed by atoms with Crippen molar-refractivity contribution in [1.29, 1.82) is 0 Å². The van der Waals surface area contributed by atoms with Crippen molar-refractivity contribution >= 4 is 11.6 Å². The van der Waals surface area contributed by atoms with Gasteiger partial charge in [-0.1, -0.05) is 38.8 Å². The van der Waals surface area contributed by atoms with Crippen molar-refractivity contribution in [2.24, 2.45) is 17.3 Å². The Morgan fingerprint density at radius 1 is 1.38 bits per heavy atom. The zero-order chi connectivity index (χ0) is 12.0. The van der Waals surface area contributed by atoms with Crippen molar-refractivity contribution in [3.05, 3.63) is 12.2 Å². The van der Waals surface area contributed by atoms with Crippen LogP contribution in [-0.4, -0.2) is 17.6 Å². The molecule has 0 radical (unpaired) electrons. The van der Waals surface area contributed by atoms with E-state index in [-0.39, 0.29) is 0 Å². The number of allylic oxidation sites excluding steroid dienone is 2. The van der Waals surface area contributed by atoms with Gasteiger partial charge in [-0.15, -0.1) is 11.6 Å². The van der Waals surface area contributed by atoms with E-state index < -0.39 is 0 Å². The van der Waals surface area contributed by atoms with Gasteiger partial charge < -0.3 is 5.11 Å². The van der Waals surface area contributed by atoms with Gasteiger partial charge >= 0.3 is 0 Å². The van der Waals surface area contributed by atoms with Gasteiger partial charge in [-0.3, -0.25) is 0 Å². The molecule has 1 saturated carbocycles. The fourth-order valence-electron chi connectivity index (χ4n) is 2.72. The van der Waals surface area contributed by atoms with Crippen LogP contribution in [0.15, 0.2) is 12.2 Å². The molecule has 0 amide bonds. The van der Waals surface area contributed by atoms with E-state index in [9.17, 15) is 5.11 Å². The molecule has 1 rings (SSSR count). The summed E-state index contributed by atoms with van der Waals surface area (Å²) < 4.78 is 0. The number of alkyl halides is 1. The quantitative estimate of drug-likeness (QED) is 0.389. The molecule has 0 aromatic carbocycles. The number of rotatable bonds is 8. The molecule has 1 fully saturated rings. The van der Waals surface area contributed by atoms with E-state index in [1.165, 1.54) is 19.3 Å². The highest BCUT2D eigenvalue weighted by Gasteiger charge is 2.57. The second-order valence-electron chi connectivity index (χ2n) is 5.18. The largest absolute Gasteiger partial charge is 0.396 e. The van der Waals surface area contributed by atoms with Crippen LogP contribution in [0.5, 0.6) is 0 Å². The molecule has 1 aliphatic rings. The predicted octanol–water partition coefficient (Wildman–Crippen LogP) is 4.00. The lowest BCUT2D eigenvalue weighted by atomic mass is 9.97. The molecule has 0 aromatic heterocycles. The fraction of sp³-hybridized carbons (Fsp3) is 0.857. The third kappa shape index (κ3) is 3.24. The first-order chi connectivity index (χ1) is 7.70. The summed E-state index contributed by atoms with van der Waals surface area (Å²) in [6, 6.07) is 0. The van der Waals surface area contributed by atoms with Gasteiger partial charge in [-0.05, 0) is 36.5 Å². The van der Waals surface area contributed by atoms with Gasteiger partial charge in [0.05, 0.1) is 0 Å². The molecule has 1 aliphatic carbocycles. The second-order valence-corrected chi connectivity index (χ2v) is 5.56. The maximum atomic E-state index is 9.36. The van der Waals surface area contributed by atoms with Gasteiger partial charge in [0.1, 0.15) is 0 Å². The summed E-state index contributed by atoms with van der Waals surface area (Å²) in [5, 5.41) is 9.36. The van der Waals surface area contributed by atoms with Crippen LogP contribution in [0, 0.1) is 17.3 Å². The minimum absolute atomic E-state index is 0.338. The molecule has 0 saturated heterocycles. The van der Waals surface area contributed by atoms with Crippen molar-refractivity contribution in [3.63, 3.8) is 0 Å². The molecule has 3 atom stereocenters. The van der Waals surface area contributed by atoms with Gasteiger partial charge in [0, 0.05) is 12.5 Å². The number of hydrogen-bond donors (Lipinski definition) is 1. The molecule has 1 N–H and O–H groups in total. The van der Waals surface area contributed by atoms with Gasteiger partial charge in [-0.2, -0.15) is 0 Å². The lowest BCUT2D eigenvalue weighted by Crippen LogP contribution is -2.01. The smallest absolute Gasteiger partial charge is 0.0470 e. The minimum Gasteiger partial charge on any atom is -0.396 e. The van der Waals surface area contributed by atoms with Gasteiger partial charge in [-0.25, -0.2) is 0 Å². The van der Waals surface area contributed by atoms with E-state index >= 15 is 0 Å². The summed E-state index contributed by atoms with van der Waals surface area (Å²) in [5.41, 5.74) is 0.363. The van der Waals surface area contributed by atoms with E-state index in [4.69, 9.17) is 11.6 Å². The Balaban J connectivity index is 2.38. The molecule has 0 unspecified atom stereocenters. The van der Waals surface area contributed by atoms with Crippen LogP contribution in [-0.2, 0) is 0 Å². The van der Waals surface area contributed by atoms with E-state index in [0.717, 1.165) is 18.7 Å². The molecule has 0 aromatic rings. The Morgan fingerprint density at radius 2 is 2.12 bits per heavy atom. The molecule has 0 spiro atoms. The van der Waals surface area contributed by atoms with Crippen molar-refractivity contribution in [2.75, 3.05) is 12.5 Å². The zero-order valence-electron chi connectivity index (χ0n) is 10.6. The van der Waals surface area contributed by atoms with Crippen molar-refractivity contribution in [1.82, 2.24) is 0 Å². The van der Waals surface area contributed by atoms with E-state index in [2.05, 4.69) is 26.0 Å². The first-order valence-corrected chi connectivity index (χ1v) is 7.07. The number of aliphatic hydroxyl groups is 1. The summed E-state index contributed by atoms with van der Waals surface area (Å²) in [4.78, 5) is 0. The van der Waals surface area contributed by atoms with Gasteiger partial charge in [0.15, 0.2) is 0 Å². The highest BCUT2D eigenvalue weighted by molar-refractivity contribution is 6.17. The maximum absolute atomic E-state index is 9.36. The molecule has 94 valence electrons. The number of unbranched alkanes of at least 4 members (excludes halogenated alkanes) is 2. The van der Waals surface area contributed by atoms with Crippen LogP contribution in [0.1, 0.15) is 46.0 Å². The maximum Gasteiger partial charge on any atom is 0.0470 e. The summed E-state index contributed by atoms with van der Waals surface area (Å²) in [6.07, 6.45) is 10.5. The Bertz CT molecular complexity index is 227.